The Balaban J connectivity index is 1.50. The molecule has 25 heavy (non-hydrogen) atoms. The van der Waals surface area contributed by atoms with Gasteiger partial charge in [0.05, 0.1) is 12.7 Å². The van der Waals surface area contributed by atoms with Gasteiger partial charge in [0.15, 0.2) is 0 Å². The minimum absolute atomic E-state index is 0.00972. The summed E-state index contributed by atoms with van der Waals surface area (Å²) in [5, 5.41) is 11.0. The van der Waals surface area contributed by atoms with Crippen LogP contribution in [0.25, 0.3) is 0 Å². The number of aliphatic hydroxyl groups excluding tert-OH is 1. The zero-order valence-electron chi connectivity index (χ0n) is 14.4. The first-order valence-corrected chi connectivity index (χ1v) is 8.95. The average molecular weight is 362 g/mol. The molecule has 1 heterocycles. The summed E-state index contributed by atoms with van der Waals surface area (Å²) >= 11 is 5.95. The fourth-order valence-electron chi connectivity index (χ4n) is 3.00. The van der Waals surface area contributed by atoms with E-state index in [0.717, 1.165) is 35.0 Å². The van der Waals surface area contributed by atoms with Crippen LogP contribution in [0.3, 0.4) is 0 Å². The Kier molecular flexibility index (Phi) is 6.32. The van der Waals surface area contributed by atoms with Crippen LogP contribution in [0.5, 0.6) is 5.75 Å². The maximum Gasteiger partial charge on any atom is 0.122 e. The Morgan fingerprint density at radius 2 is 2.00 bits per heavy atom. The second kappa shape index (κ2) is 8.68. The quantitative estimate of drug-likeness (QED) is 0.855. The van der Waals surface area contributed by atoms with E-state index in [4.69, 9.17) is 21.1 Å². The van der Waals surface area contributed by atoms with Gasteiger partial charge in [0.2, 0.25) is 0 Å². The molecule has 2 aromatic rings. The fourth-order valence-corrected chi connectivity index (χ4v) is 3.13. The predicted molar refractivity (Wildman–Crippen MR) is 99.3 cm³/mol. The minimum Gasteiger partial charge on any atom is -0.491 e. The van der Waals surface area contributed by atoms with Crippen molar-refractivity contribution in [1.82, 2.24) is 4.90 Å². The fraction of sp³-hybridized carbons (Fsp3) is 0.400. The van der Waals surface area contributed by atoms with E-state index in [1.54, 1.807) is 0 Å². The average Bonchev–Trinajstić information content (AvgIpc) is 2.62. The van der Waals surface area contributed by atoms with Gasteiger partial charge in [-0.25, -0.2) is 0 Å². The summed E-state index contributed by atoms with van der Waals surface area (Å²) in [6, 6.07) is 15.6. The third-order valence-electron chi connectivity index (χ3n) is 4.39. The minimum atomic E-state index is -0.538. The number of hydrogen-bond acceptors (Lipinski definition) is 4. The van der Waals surface area contributed by atoms with Gasteiger partial charge in [-0.3, -0.25) is 4.90 Å². The van der Waals surface area contributed by atoms with Crippen LogP contribution in [0.4, 0.5) is 0 Å². The second-order valence-electron chi connectivity index (χ2n) is 6.40. The smallest absolute Gasteiger partial charge is 0.122 e. The maximum absolute atomic E-state index is 10.3. The SMILES string of the molecule is Cc1ccccc1OCC(O)CN1CCOC(c2ccc(Cl)cc2)C1. The van der Waals surface area contributed by atoms with Crippen LogP contribution >= 0.6 is 11.6 Å². The van der Waals surface area contributed by atoms with Crippen molar-refractivity contribution in [3.63, 3.8) is 0 Å². The van der Waals surface area contributed by atoms with Crippen LogP contribution in [-0.2, 0) is 4.74 Å². The van der Waals surface area contributed by atoms with Gasteiger partial charge < -0.3 is 14.6 Å². The van der Waals surface area contributed by atoms with Crippen LogP contribution in [0, 0.1) is 6.92 Å². The molecule has 0 amide bonds. The molecule has 2 unspecified atom stereocenters. The summed E-state index contributed by atoms with van der Waals surface area (Å²) in [4.78, 5) is 2.22. The molecule has 0 radical (unpaired) electrons. The molecule has 1 N–H and O–H groups in total. The largest absolute Gasteiger partial charge is 0.491 e. The summed E-state index contributed by atoms with van der Waals surface area (Å²) in [7, 11) is 0. The first kappa shape index (κ1) is 18.2. The van der Waals surface area contributed by atoms with Crippen LogP contribution in [0.2, 0.25) is 5.02 Å². The highest BCUT2D eigenvalue weighted by atomic mass is 35.5. The van der Waals surface area contributed by atoms with Gasteiger partial charge in [0.25, 0.3) is 0 Å². The van der Waals surface area contributed by atoms with Crippen molar-refractivity contribution in [2.75, 3.05) is 32.8 Å². The number of aryl methyl sites for hydroxylation is 1. The first-order valence-electron chi connectivity index (χ1n) is 8.58. The zero-order chi connectivity index (χ0) is 17.6. The predicted octanol–water partition coefficient (Wildman–Crippen LogP) is 3.46. The number of ether oxygens (including phenoxy) is 2. The van der Waals surface area contributed by atoms with Crippen LogP contribution in [-0.4, -0.2) is 49.0 Å². The van der Waals surface area contributed by atoms with Crippen LogP contribution in [0.1, 0.15) is 17.2 Å². The van der Waals surface area contributed by atoms with Gasteiger partial charge in [-0.1, -0.05) is 41.9 Å². The Hall–Kier alpha value is -1.59. The maximum atomic E-state index is 10.3. The van der Waals surface area contributed by atoms with Crippen molar-refractivity contribution in [2.24, 2.45) is 0 Å². The van der Waals surface area contributed by atoms with E-state index in [1.165, 1.54) is 0 Å². The van der Waals surface area contributed by atoms with Gasteiger partial charge in [-0.15, -0.1) is 0 Å². The molecule has 3 rings (SSSR count). The summed E-state index contributed by atoms with van der Waals surface area (Å²) in [5.41, 5.74) is 2.18. The molecule has 0 bridgehead atoms. The molecule has 5 heteroatoms. The topological polar surface area (TPSA) is 41.9 Å². The molecule has 0 aliphatic carbocycles. The highest BCUT2D eigenvalue weighted by Crippen LogP contribution is 2.24. The lowest BCUT2D eigenvalue weighted by atomic mass is 10.1. The first-order chi connectivity index (χ1) is 12.1. The van der Waals surface area contributed by atoms with E-state index in [2.05, 4.69) is 4.90 Å². The lowest BCUT2D eigenvalue weighted by Crippen LogP contribution is -2.43. The van der Waals surface area contributed by atoms with Crippen LogP contribution in [0.15, 0.2) is 48.5 Å². The highest BCUT2D eigenvalue weighted by molar-refractivity contribution is 6.30. The molecular weight excluding hydrogens is 338 g/mol. The highest BCUT2D eigenvalue weighted by Gasteiger charge is 2.23. The number of benzene rings is 2. The van der Waals surface area contributed by atoms with Crippen molar-refractivity contribution in [2.45, 2.75) is 19.1 Å². The van der Waals surface area contributed by atoms with Crippen molar-refractivity contribution >= 4 is 11.6 Å². The van der Waals surface area contributed by atoms with E-state index >= 15 is 0 Å². The summed E-state index contributed by atoms with van der Waals surface area (Å²) in [6.07, 6.45) is -0.529. The summed E-state index contributed by atoms with van der Waals surface area (Å²) in [5.74, 6) is 0.822. The number of morpholine rings is 1. The third kappa shape index (κ3) is 5.19. The van der Waals surface area contributed by atoms with Crippen molar-refractivity contribution in [3.05, 3.63) is 64.7 Å². The molecule has 0 saturated carbocycles. The number of rotatable bonds is 6. The van der Waals surface area contributed by atoms with Gasteiger partial charge in [-0.2, -0.15) is 0 Å². The summed E-state index contributed by atoms with van der Waals surface area (Å²) in [6.45, 7) is 5.07. The normalized spacial score (nSPS) is 19.6. The number of β-amino-alcohol motifs (C(OH)–C–C–N with tert-alkyl or cyclic N) is 1. The van der Waals surface area contributed by atoms with Gasteiger partial charge >= 0.3 is 0 Å². The molecule has 1 fully saturated rings. The van der Waals surface area contributed by atoms with Crippen molar-refractivity contribution < 1.29 is 14.6 Å². The molecule has 2 aromatic carbocycles. The van der Waals surface area contributed by atoms with Crippen LogP contribution < -0.4 is 4.74 Å². The molecule has 2 atom stereocenters. The van der Waals surface area contributed by atoms with E-state index in [9.17, 15) is 5.11 Å². The number of para-hydroxylation sites is 1. The standard InChI is InChI=1S/C20H24ClNO3/c1-15-4-2-3-5-19(15)25-14-18(23)12-22-10-11-24-20(13-22)16-6-8-17(21)9-7-16/h2-9,18,20,23H,10-14H2,1H3. The van der Waals surface area contributed by atoms with Crippen molar-refractivity contribution in [1.29, 1.82) is 0 Å². The van der Waals surface area contributed by atoms with E-state index in [1.807, 2.05) is 55.5 Å². The molecule has 1 saturated heterocycles. The molecule has 4 nitrogen and oxygen atoms in total. The molecule has 0 spiro atoms. The second-order valence-corrected chi connectivity index (χ2v) is 6.84. The monoisotopic (exact) mass is 361 g/mol. The molecule has 1 aliphatic heterocycles. The lowest BCUT2D eigenvalue weighted by molar-refractivity contribution is -0.0459. The molecule has 134 valence electrons. The van der Waals surface area contributed by atoms with E-state index in [-0.39, 0.29) is 12.7 Å². The number of hydrogen-bond donors (Lipinski definition) is 1. The molecule has 0 aromatic heterocycles. The van der Waals surface area contributed by atoms with Gasteiger partial charge in [0.1, 0.15) is 18.5 Å². The third-order valence-corrected chi connectivity index (χ3v) is 4.64. The lowest BCUT2D eigenvalue weighted by Gasteiger charge is -2.34. The number of halogens is 1. The van der Waals surface area contributed by atoms with E-state index < -0.39 is 6.10 Å². The van der Waals surface area contributed by atoms with Gasteiger partial charge in [-0.05, 0) is 36.2 Å². The van der Waals surface area contributed by atoms with Gasteiger partial charge in [0, 0.05) is 24.7 Å². The molecule has 1 aliphatic rings. The number of aliphatic hydroxyl groups is 1. The Bertz CT molecular complexity index is 677. The zero-order valence-corrected chi connectivity index (χ0v) is 15.2. The van der Waals surface area contributed by atoms with E-state index in [0.29, 0.717) is 13.2 Å². The molecular formula is C20H24ClNO3. The Morgan fingerprint density at radius 1 is 1.24 bits per heavy atom. The van der Waals surface area contributed by atoms with Crippen molar-refractivity contribution in [3.8, 4) is 5.75 Å². The Labute approximate surface area is 153 Å². The number of nitrogens with zero attached hydrogens (tertiary/aromatic N) is 1. The summed E-state index contributed by atoms with van der Waals surface area (Å²) < 4.78 is 11.6. The Morgan fingerprint density at radius 3 is 2.76 bits per heavy atom.